The highest BCUT2D eigenvalue weighted by molar-refractivity contribution is 5.86. The molecule has 0 spiro atoms. The molecule has 4 rings (SSSR count). The van der Waals surface area contributed by atoms with Crippen LogP contribution in [0.4, 0.5) is 15.4 Å². The van der Waals surface area contributed by atoms with Gasteiger partial charge in [0, 0.05) is 37.3 Å². The van der Waals surface area contributed by atoms with E-state index in [-0.39, 0.29) is 41.7 Å². The van der Waals surface area contributed by atoms with Gasteiger partial charge in [-0.3, -0.25) is 14.9 Å². The van der Waals surface area contributed by atoms with Gasteiger partial charge in [0.2, 0.25) is 11.8 Å². The molecule has 2 aromatic rings. The Morgan fingerprint density at radius 1 is 0.875 bits per heavy atom. The first kappa shape index (κ1) is 36.5. The lowest BCUT2D eigenvalue weighted by atomic mass is 9.89. The molecule has 2 saturated heterocycles. The summed E-state index contributed by atoms with van der Waals surface area (Å²) in [6.07, 6.45) is 13.1. The van der Waals surface area contributed by atoms with Gasteiger partial charge in [0.25, 0.3) is 0 Å². The van der Waals surface area contributed by atoms with E-state index in [0.717, 1.165) is 56.5 Å². The molecule has 48 heavy (non-hydrogen) atoms. The van der Waals surface area contributed by atoms with E-state index in [9.17, 15) is 19.2 Å². The highest BCUT2D eigenvalue weighted by Crippen LogP contribution is 2.35. The van der Waals surface area contributed by atoms with Crippen LogP contribution in [0.2, 0.25) is 0 Å². The number of ether oxygens (including phenoxy) is 2. The number of hydrogen-bond acceptors (Lipinski definition) is 8. The molecule has 0 radical (unpaired) electrons. The third-order valence-corrected chi connectivity index (χ3v) is 9.27. The minimum atomic E-state index is -0.668. The summed E-state index contributed by atoms with van der Waals surface area (Å²) >= 11 is 0. The highest BCUT2D eigenvalue weighted by Gasteiger charge is 2.38. The normalized spacial score (nSPS) is 19.2. The summed E-state index contributed by atoms with van der Waals surface area (Å²) in [4.78, 5) is 69.8. The second kappa shape index (κ2) is 17.2. The van der Waals surface area contributed by atoms with Crippen LogP contribution in [0.1, 0.15) is 102 Å². The van der Waals surface area contributed by atoms with Crippen LogP contribution >= 0.6 is 0 Å². The number of nitrogens with zero attached hydrogens (tertiary/aromatic N) is 4. The van der Waals surface area contributed by atoms with Crippen LogP contribution in [0.3, 0.4) is 0 Å². The molecule has 0 saturated carbocycles. The molecule has 4 atom stereocenters. The van der Waals surface area contributed by atoms with Gasteiger partial charge >= 0.3 is 12.2 Å². The van der Waals surface area contributed by atoms with E-state index in [2.05, 4.69) is 61.3 Å². The Kier molecular flexibility index (Phi) is 13.0. The second-order valence-electron chi connectivity index (χ2n) is 13.3. The van der Waals surface area contributed by atoms with E-state index in [1.165, 1.54) is 14.2 Å². The van der Waals surface area contributed by atoms with Crippen molar-refractivity contribution >= 4 is 29.8 Å². The first-order valence-electron chi connectivity index (χ1n) is 17.1. The number of alkyl carbamates (subject to hydrolysis) is 1. The van der Waals surface area contributed by atoms with Crippen molar-refractivity contribution in [1.82, 2.24) is 35.1 Å². The maximum atomic E-state index is 13.7. The molecule has 264 valence electrons. The van der Waals surface area contributed by atoms with Gasteiger partial charge in [-0.05, 0) is 56.8 Å². The monoisotopic (exact) mass is 668 g/mol. The summed E-state index contributed by atoms with van der Waals surface area (Å²) in [6.45, 7) is 9.30. The number of rotatable bonds is 14. The molecule has 0 aliphatic carbocycles. The average molecular weight is 669 g/mol. The van der Waals surface area contributed by atoms with Crippen molar-refractivity contribution in [2.45, 2.75) is 97.2 Å². The fraction of sp³-hybridized carbons (Fsp3) is 0.647. The minimum absolute atomic E-state index is 0.0883. The van der Waals surface area contributed by atoms with Crippen LogP contribution < -0.4 is 10.6 Å². The number of likely N-dealkylation sites (tertiary alicyclic amines) is 2. The Morgan fingerprint density at radius 2 is 1.50 bits per heavy atom. The number of unbranched alkanes of at least 4 members (excludes halogenated alkanes) is 1. The predicted molar refractivity (Wildman–Crippen MR) is 180 cm³/mol. The summed E-state index contributed by atoms with van der Waals surface area (Å²) in [5, 5.41) is 5.27. The molecule has 14 nitrogen and oxygen atoms in total. The van der Waals surface area contributed by atoms with Gasteiger partial charge in [-0.15, -0.1) is 0 Å². The van der Waals surface area contributed by atoms with Crippen molar-refractivity contribution in [1.29, 1.82) is 0 Å². The molecule has 2 fully saturated rings. The van der Waals surface area contributed by atoms with Crippen molar-refractivity contribution in [2.75, 3.05) is 32.6 Å². The quantitative estimate of drug-likeness (QED) is 0.156. The van der Waals surface area contributed by atoms with E-state index in [1.807, 2.05) is 29.8 Å². The van der Waals surface area contributed by atoms with Crippen molar-refractivity contribution in [2.24, 2.45) is 17.8 Å². The first-order valence-corrected chi connectivity index (χ1v) is 17.1. The van der Waals surface area contributed by atoms with Gasteiger partial charge in [0.15, 0.2) is 0 Å². The molecule has 0 aromatic carbocycles. The molecule has 4 heterocycles. The average Bonchev–Trinajstić information content (AvgIpc) is 3.88. The van der Waals surface area contributed by atoms with Gasteiger partial charge in [-0.25, -0.2) is 19.6 Å². The molecule has 0 bridgehead atoms. The Hall–Kier alpha value is -4.36. The maximum Gasteiger partial charge on any atom is 0.412 e. The number of anilines is 1. The summed E-state index contributed by atoms with van der Waals surface area (Å²) in [7, 11) is 2.59. The van der Waals surface area contributed by atoms with Crippen LogP contribution in [-0.4, -0.2) is 87.1 Å². The molecule has 2 aromatic heterocycles. The standard InChI is InChI=1S/C34H52N8O6/c1-21(2)24(31(43)41-17-11-16-26(41)30-36-20-27(38-30)39-33(45)47-5)14-10-8-7-9-13-23-19-35-29(37-23)25-15-12-18-42(25)32(44)28(22(3)4)40-34(46)48-6/h7,9,19-22,24-26,28H,8,10-18H2,1-6H3,(H,35,37)(H,36,38)(H,39,45)(H,40,46)/b9-7+/t24-,25?,26+,28?/m0/s1. The number of amides is 4. The first-order chi connectivity index (χ1) is 23.0. The van der Waals surface area contributed by atoms with Crippen molar-refractivity contribution < 1.29 is 28.7 Å². The van der Waals surface area contributed by atoms with Crippen molar-refractivity contribution in [3.05, 3.63) is 41.9 Å². The van der Waals surface area contributed by atoms with Crippen molar-refractivity contribution in [3.8, 4) is 0 Å². The number of H-pyrrole nitrogens is 2. The van der Waals surface area contributed by atoms with Crippen LogP contribution in [0, 0.1) is 17.8 Å². The van der Waals surface area contributed by atoms with E-state index >= 15 is 0 Å². The third kappa shape index (κ3) is 9.16. The molecule has 4 N–H and O–H groups in total. The fourth-order valence-corrected chi connectivity index (χ4v) is 6.63. The van der Waals surface area contributed by atoms with Gasteiger partial charge in [-0.2, -0.15) is 0 Å². The zero-order valence-corrected chi connectivity index (χ0v) is 29.1. The molecule has 2 aliphatic heterocycles. The molecule has 14 heteroatoms. The minimum Gasteiger partial charge on any atom is -0.453 e. The van der Waals surface area contributed by atoms with E-state index in [1.54, 1.807) is 6.20 Å². The molecule has 4 amide bonds. The van der Waals surface area contributed by atoms with E-state index < -0.39 is 18.2 Å². The summed E-state index contributed by atoms with van der Waals surface area (Å²) in [6, 6.07) is -0.976. The lowest BCUT2D eigenvalue weighted by Gasteiger charge is -2.30. The maximum absolute atomic E-state index is 13.7. The number of carbonyl (C=O) groups is 4. The number of aromatic nitrogens is 4. The Morgan fingerprint density at radius 3 is 2.12 bits per heavy atom. The van der Waals surface area contributed by atoms with Gasteiger partial charge in [-0.1, -0.05) is 39.8 Å². The van der Waals surface area contributed by atoms with Gasteiger partial charge < -0.3 is 34.6 Å². The lowest BCUT2D eigenvalue weighted by Crippen LogP contribution is -2.51. The summed E-state index contributed by atoms with van der Waals surface area (Å²) in [5.41, 5.74) is 0.965. The lowest BCUT2D eigenvalue weighted by molar-refractivity contribution is -0.138. The zero-order valence-electron chi connectivity index (χ0n) is 29.1. The van der Waals surface area contributed by atoms with Crippen LogP contribution in [0.25, 0.3) is 0 Å². The number of imidazole rings is 2. The van der Waals surface area contributed by atoms with Gasteiger partial charge in [0.1, 0.15) is 23.5 Å². The highest BCUT2D eigenvalue weighted by atomic mass is 16.5. The molecule has 2 unspecified atom stereocenters. The number of aromatic amines is 2. The second-order valence-corrected chi connectivity index (χ2v) is 13.3. The molecular formula is C34H52N8O6. The van der Waals surface area contributed by atoms with Crippen LogP contribution in [0.15, 0.2) is 24.5 Å². The van der Waals surface area contributed by atoms with Crippen LogP contribution in [-0.2, 0) is 25.5 Å². The molecule has 2 aliphatic rings. The van der Waals surface area contributed by atoms with Crippen molar-refractivity contribution in [3.63, 3.8) is 0 Å². The molecular weight excluding hydrogens is 616 g/mol. The van der Waals surface area contributed by atoms with E-state index in [4.69, 9.17) is 4.74 Å². The smallest absolute Gasteiger partial charge is 0.412 e. The zero-order chi connectivity index (χ0) is 34.8. The predicted octanol–water partition coefficient (Wildman–Crippen LogP) is 5.26. The van der Waals surface area contributed by atoms with Gasteiger partial charge in [0.05, 0.1) is 32.5 Å². The summed E-state index contributed by atoms with van der Waals surface area (Å²) < 4.78 is 9.38. The fourth-order valence-electron chi connectivity index (χ4n) is 6.63. The topological polar surface area (TPSA) is 175 Å². The number of nitrogens with one attached hydrogen (secondary N) is 4. The van der Waals surface area contributed by atoms with E-state index in [0.29, 0.717) is 31.2 Å². The largest absolute Gasteiger partial charge is 0.453 e. The number of methoxy groups -OCH3 is 2. The Balaban J connectivity index is 1.27. The summed E-state index contributed by atoms with van der Waals surface area (Å²) in [5.74, 6) is 1.92. The SMILES string of the molecule is COC(=O)Nc1cnc([C@H]2CCCN2C(=O)[C@@H](CCC/C=C/Cc2cnc(C3CCCN3C(=O)C(NC(=O)OC)C(C)C)[nH]2)C(C)C)[nH]1. The Bertz CT molecular complexity index is 1420. The third-order valence-electron chi connectivity index (χ3n) is 9.27. The Labute approximate surface area is 282 Å². The van der Waals surface area contributed by atoms with Crippen LogP contribution in [0.5, 0.6) is 0 Å². The number of hydrogen-bond donors (Lipinski definition) is 4. The number of allylic oxidation sites excluding steroid dienone is 2. The number of carbonyl (C=O) groups excluding carboxylic acids is 4.